The lowest BCUT2D eigenvalue weighted by Gasteiger charge is -2.21. The number of rotatable bonds is 7. The summed E-state index contributed by atoms with van der Waals surface area (Å²) in [7, 11) is -3.86. The Hall–Kier alpha value is -2.11. The van der Waals surface area contributed by atoms with Gasteiger partial charge in [-0.3, -0.25) is 4.79 Å². The van der Waals surface area contributed by atoms with Gasteiger partial charge in [0.25, 0.3) is 10.0 Å². The normalized spacial score (nSPS) is 13.4. The number of hydrogen-bond donors (Lipinski definition) is 2. The second kappa shape index (κ2) is 8.28. The molecule has 1 aromatic carbocycles. The Labute approximate surface area is 158 Å². The Kier molecular flexibility index (Phi) is 6.50. The summed E-state index contributed by atoms with van der Waals surface area (Å²) in [6.45, 7) is 3.34. The van der Waals surface area contributed by atoms with Gasteiger partial charge in [0, 0.05) is 5.69 Å². The molecule has 0 fully saturated rings. The van der Waals surface area contributed by atoms with Gasteiger partial charge in [0.05, 0.1) is 0 Å². The average molecular weight is 422 g/mol. The summed E-state index contributed by atoms with van der Waals surface area (Å²) in [4.78, 5) is 12.5. The van der Waals surface area contributed by atoms with Gasteiger partial charge in [0.15, 0.2) is 0 Å². The number of hydrogen-bond acceptors (Lipinski definition) is 5. The summed E-state index contributed by atoms with van der Waals surface area (Å²) in [5.41, 5.74) is 0.204. The zero-order valence-electron chi connectivity index (χ0n) is 14.3. The Morgan fingerprint density at radius 1 is 1.15 bits per heavy atom. The zero-order valence-corrected chi connectivity index (χ0v) is 15.9. The number of alkyl halides is 3. The first-order chi connectivity index (χ1) is 12.5. The predicted octanol–water partition coefficient (Wildman–Crippen LogP) is 3.59. The third-order valence-corrected chi connectivity index (χ3v) is 6.19. The van der Waals surface area contributed by atoms with Gasteiger partial charge in [0.1, 0.15) is 16.0 Å². The van der Waals surface area contributed by atoms with Crippen LogP contribution in [-0.2, 0) is 14.8 Å². The molecule has 0 radical (unpaired) electrons. The van der Waals surface area contributed by atoms with Crippen molar-refractivity contribution >= 4 is 33.0 Å². The number of thiophene rings is 1. The van der Waals surface area contributed by atoms with Gasteiger partial charge in [-0.05, 0) is 41.6 Å². The van der Waals surface area contributed by atoms with E-state index in [1.54, 1.807) is 25.3 Å². The van der Waals surface area contributed by atoms with E-state index in [1.807, 2.05) is 0 Å². The molecule has 0 spiro atoms. The highest BCUT2D eigenvalue weighted by atomic mass is 32.2. The van der Waals surface area contributed by atoms with Crippen LogP contribution in [0.25, 0.3) is 0 Å². The number of carbonyl (C=O) groups excluding carboxylic acids is 1. The minimum Gasteiger partial charge on any atom is -0.406 e. The molecule has 2 rings (SSSR count). The van der Waals surface area contributed by atoms with E-state index in [2.05, 4.69) is 14.8 Å². The lowest BCUT2D eigenvalue weighted by atomic mass is 10.0. The van der Waals surface area contributed by atoms with E-state index < -0.39 is 34.1 Å². The number of carbonyl (C=O) groups is 1. The maximum absolute atomic E-state index is 12.5. The molecule has 0 aliphatic rings. The SMILES string of the molecule is CC(C)[C@H](NS(=O)(=O)c1cccs1)C(=O)Nc1ccc(OC(F)(F)F)cc1. The molecule has 6 nitrogen and oxygen atoms in total. The molecule has 0 unspecified atom stereocenters. The van der Waals surface area contributed by atoms with Crippen LogP contribution >= 0.6 is 11.3 Å². The molecular weight excluding hydrogens is 405 g/mol. The Balaban J connectivity index is 2.09. The number of sulfonamides is 1. The Morgan fingerprint density at radius 2 is 1.78 bits per heavy atom. The fourth-order valence-corrected chi connectivity index (χ4v) is 4.45. The Morgan fingerprint density at radius 3 is 2.26 bits per heavy atom. The van der Waals surface area contributed by atoms with E-state index in [-0.39, 0.29) is 15.8 Å². The standard InChI is InChI=1S/C16H17F3N2O4S2/c1-10(2)14(21-27(23,24)13-4-3-9-26-13)15(22)20-11-5-7-12(8-6-11)25-16(17,18)19/h3-10,14,21H,1-2H3,(H,20,22)/t14-/m0/s1. The van der Waals surface area contributed by atoms with Crippen LogP contribution in [0, 0.1) is 5.92 Å². The van der Waals surface area contributed by atoms with E-state index in [1.165, 1.54) is 18.2 Å². The molecule has 0 bridgehead atoms. The van der Waals surface area contributed by atoms with Crippen LogP contribution in [0.1, 0.15) is 13.8 Å². The lowest BCUT2D eigenvalue weighted by Crippen LogP contribution is -2.46. The molecule has 1 aromatic heterocycles. The summed E-state index contributed by atoms with van der Waals surface area (Å²) >= 11 is 1.02. The van der Waals surface area contributed by atoms with Crippen molar-refractivity contribution in [2.45, 2.75) is 30.5 Å². The summed E-state index contributed by atoms with van der Waals surface area (Å²) < 4.78 is 67.4. The monoisotopic (exact) mass is 422 g/mol. The van der Waals surface area contributed by atoms with Gasteiger partial charge >= 0.3 is 6.36 Å². The molecular formula is C16H17F3N2O4S2. The topological polar surface area (TPSA) is 84.5 Å². The summed E-state index contributed by atoms with van der Waals surface area (Å²) in [6.07, 6.45) is -4.81. The third kappa shape index (κ3) is 6.22. The van der Waals surface area contributed by atoms with Gasteiger partial charge in [-0.25, -0.2) is 8.42 Å². The highest BCUT2D eigenvalue weighted by Gasteiger charge is 2.31. The number of anilines is 1. The van der Waals surface area contributed by atoms with Crippen LogP contribution in [0.15, 0.2) is 46.0 Å². The maximum atomic E-state index is 12.5. The largest absolute Gasteiger partial charge is 0.573 e. The predicted molar refractivity (Wildman–Crippen MR) is 95.0 cm³/mol. The van der Waals surface area contributed by atoms with Crippen molar-refractivity contribution < 1.29 is 31.1 Å². The van der Waals surface area contributed by atoms with Gasteiger partial charge in [-0.15, -0.1) is 24.5 Å². The molecule has 148 valence electrons. The molecule has 2 aromatic rings. The van der Waals surface area contributed by atoms with Crippen LogP contribution in [-0.4, -0.2) is 26.7 Å². The van der Waals surface area contributed by atoms with Gasteiger partial charge in [0.2, 0.25) is 5.91 Å². The molecule has 2 N–H and O–H groups in total. The lowest BCUT2D eigenvalue weighted by molar-refractivity contribution is -0.274. The number of halogens is 3. The highest BCUT2D eigenvalue weighted by molar-refractivity contribution is 7.91. The van der Waals surface area contributed by atoms with E-state index in [0.29, 0.717) is 0 Å². The van der Waals surface area contributed by atoms with Gasteiger partial charge < -0.3 is 10.1 Å². The fourth-order valence-electron chi connectivity index (χ4n) is 2.09. The molecule has 1 amide bonds. The second-order valence-electron chi connectivity index (χ2n) is 5.84. The van der Waals surface area contributed by atoms with Crippen LogP contribution in [0.4, 0.5) is 18.9 Å². The van der Waals surface area contributed by atoms with Gasteiger partial charge in [-0.1, -0.05) is 19.9 Å². The summed E-state index contributed by atoms with van der Waals surface area (Å²) in [6, 6.07) is 6.47. The number of ether oxygens (including phenoxy) is 1. The first-order valence-corrected chi connectivity index (χ1v) is 10.1. The van der Waals surface area contributed by atoms with Crippen molar-refractivity contribution in [3.63, 3.8) is 0 Å². The minimum absolute atomic E-state index is 0.0783. The van der Waals surface area contributed by atoms with Crippen molar-refractivity contribution in [1.82, 2.24) is 4.72 Å². The van der Waals surface area contributed by atoms with Crippen molar-refractivity contribution in [2.75, 3.05) is 5.32 Å². The first-order valence-electron chi connectivity index (χ1n) is 7.70. The van der Waals surface area contributed by atoms with Gasteiger partial charge in [-0.2, -0.15) is 4.72 Å². The molecule has 0 aliphatic heterocycles. The number of benzene rings is 1. The van der Waals surface area contributed by atoms with Crippen LogP contribution < -0.4 is 14.8 Å². The molecule has 0 saturated heterocycles. The number of amides is 1. The van der Waals surface area contributed by atoms with Crippen LogP contribution in [0.2, 0.25) is 0 Å². The van der Waals surface area contributed by atoms with Crippen molar-refractivity contribution in [1.29, 1.82) is 0 Å². The summed E-state index contributed by atoms with van der Waals surface area (Å²) in [5.74, 6) is -1.43. The van der Waals surface area contributed by atoms with Crippen molar-refractivity contribution in [2.24, 2.45) is 5.92 Å². The van der Waals surface area contributed by atoms with E-state index in [0.717, 1.165) is 23.5 Å². The average Bonchev–Trinajstić information content (AvgIpc) is 3.08. The van der Waals surface area contributed by atoms with E-state index in [4.69, 9.17) is 0 Å². The zero-order chi connectivity index (χ0) is 20.2. The maximum Gasteiger partial charge on any atom is 0.573 e. The number of nitrogens with one attached hydrogen (secondary N) is 2. The molecule has 0 aliphatic carbocycles. The first kappa shape index (κ1) is 21.2. The van der Waals surface area contributed by atoms with Crippen molar-refractivity contribution in [3.8, 4) is 5.75 Å². The molecule has 0 saturated carbocycles. The molecule has 1 heterocycles. The van der Waals surface area contributed by atoms with E-state index in [9.17, 15) is 26.4 Å². The highest BCUT2D eigenvalue weighted by Crippen LogP contribution is 2.24. The summed E-state index contributed by atoms with van der Waals surface area (Å²) in [5, 5.41) is 4.08. The third-order valence-electron chi connectivity index (χ3n) is 3.35. The quantitative estimate of drug-likeness (QED) is 0.714. The van der Waals surface area contributed by atoms with Crippen LogP contribution in [0.5, 0.6) is 5.75 Å². The minimum atomic E-state index is -4.81. The van der Waals surface area contributed by atoms with Crippen LogP contribution in [0.3, 0.4) is 0 Å². The van der Waals surface area contributed by atoms with Crippen molar-refractivity contribution in [3.05, 3.63) is 41.8 Å². The molecule has 11 heteroatoms. The molecule has 27 heavy (non-hydrogen) atoms. The smallest absolute Gasteiger partial charge is 0.406 e. The van der Waals surface area contributed by atoms with E-state index >= 15 is 0 Å². The molecule has 1 atom stereocenters. The second-order valence-corrected chi connectivity index (χ2v) is 8.73. The Bertz CT molecular complexity index is 864. The fraction of sp³-hybridized carbons (Fsp3) is 0.312.